The number of benzene rings is 2. The molecule has 1 aliphatic carbocycles. The van der Waals surface area contributed by atoms with Gasteiger partial charge in [0, 0.05) is 26.7 Å². The first-order valence-corrected chi connectivity index (χ1v) is 10.5. The summed E-state index contributed by atoms with van der Waals surface area (Å²) >= 11 is 0. The SMILES string of the molecule is COc1cc2c(cc1OC)CN(CC/C=C1\CCC(OC)c3ccccc31)CC2. The first-order valence-electron chi connectivity index (χ1n) is 10.5. The van der Waals surface area contributed by atoms with Crippen LogP contribution in [0.1, 0.15) is 47.6 Å². The summed E-state index contributed by atoms with van der Waals surface area (Å²) < 4.78 is 16.6. The van der Waals surface area contributed by atoms with E-state index < -0.39 is 0 Å². The normalized spacial score (nSPS) is 20.2. The fraction of sp³-hybridized carbons (Fsp3) is 0.440. The van der Waals surface area contributed by atoms with Gasteiger partial charge in [-0.25, -0.2) is 0 Å². The number of fused-ring (bicyclic) bond motifs is 2. The van der Waals surface area contributed by atoms with Gasteiger partial charge >= 0.3 is 0 Å². The van der Waals surface area contributed by atoms with Crippen LogP contribution in [-0.4, -0.2) is 39.3 Å². The molecule has 1 heterocycles. The summed E-state index contributed by atoms with van der Waals surface area (Å²) in [5, 5.41) is 0. The third kappa shape index (κ3) is 4.19. The summed E-state index contributed by atoms with van der Waals surface area (Å²) in [5.41, 5.74) is 6.90. The average molecular weight is 394 g/mol. The van der Waals surface area contributed by atoms with Gasteiger partial charge in [0.25, 0.3) is 0 Å². The van der Waals surface area contributed by atoms with Crippen molar-refractivity contribution in [1.82, 2.24) is 4.90 Å². The predicted molar refractivity (Wildman–Crippen MR) is 117 cm³/mol. The molecule has 0 saturated heterocycles. The first-order chi connectivity index (χ1) is 14.2. The van der Waals surface area contributed by atoms with E-state index in [0.29, 0.717) is 0 Å². The summed E-state index contributed by atoms with van der Waals surface area (Å²) in [5.74, 6) is 1.65. The van der Waals surface area contributed by atoms with E-state index in [0.717, 1.165) is 56.8 Å². The molecule has 1 unspecified atom stereocenters. The van der Waals surface area contributed by atoms with Crippen LogP contribution in [0.25, 0.3) is 5.57 Å². The Hall–Kier alpha value is -2.30. The number of methoxy groups -OCH3 is 3. The van der Waals surface area contributed by atoms with Crippen LogP contribution in [0.2, 0.25) is 0 Å². The first kappa shape index (κ1) is 20.0. The highest BCUT2D eigenvalue weighted by Gasteiger charge is 2.23. The van der Waals surface area contributed by atoms with Crippen LogP contribution in [0, 0.1) is 0 Å². The van der Waals surface area contributed by atoms with E-state index >= 15 is 0 Å². The molecule has 4 nitrogen and oxygen atoms in total. The van der Waals surface area contributed by atoms with Gasteiger partial charge in [-0.05, 0) is 65.6 Å². The molecule has 0 radical (unpaired) electrons. The predicted octanol–water partition coefficient (Wildman–Crippen LogP) is 5.02. The molecule has 0 spiro atoms. The van der Waals surface area contributed by atoms with E-state index in [1.165, 1.54) is 27.8 Å². The Kier molecular flexibility index (Phi) is 6.22. The minimum Gasteiger partial charge on any atom is -0.493 e. The van der Waals surface area contributed by atoms with Crippen molar-refractivity contribution < 1.29 is 14.2 Å². The molecule has 4 heteroatoms. The maximum atomic E-state index is 5.68. The third-order valence-corrected chi connectivity index (χ3v) is 6.25. The van der Waals surface area contributed by atoms with Gasteiger partial charge in [0.1, 0.15) is 0 Å². The van der Waals surface area contributed by atoms with E-state index in [2.05, 4.69) is 47.4 Å². The number of rotatable bonds is 6. The van der Waals surface area contributed by atoms with Crippen molar-refractivity contribution >= 4 is 5.57 Å². The Labute approximate surface area is 174 Å². The molecule has 29 heavy (non-hydrogen) atoms. The van der Waals surface area contributed by atoms with Crippen molar-refractivity contribution in [2.75, 3.05) is 34.4 Å². The maximum Gasteiger partial charge on any atom is 0.161 e. The molecule has 1 aliphatic heterocycles. The second kappa shape index (κ2) is 9.02. The van der Waals surface area contributed by atoms with Crippen molar-refractivity contribution in [3.63, 3.8) is 0 Å². The zero-order chi connectivity index (χ0) is 20.2. The molecule has 0 aromatic heterocycles. The Bertz CT molecular complexity index is 890. The number of nitrogens with zero attached hydrogens (tertiary/aromatic N) is 1. The molecule has 154 valence electrons. The number of hydrogen-bond acceptors (Lipinski definition) is 4. The lowest BCUT2D eigenvalue weighted by molar-refractivity contribution is 0.0943. The van der Waals surface area contributed by atoms with Crippen LogP contribution in [0.4, 0.5) is 0 Å². The summed E-state index contributed by atoms with van der Waals surface area (Å²) in [6.07, 6.45) is 6.96. The van der Waals surface area contributed by atoms with Crippen molar-refractivity contribution in [2.45, 2.75) is 38.3 Å². The second-order valence-corrected chi connectivity index (χ2v) is 7.87. The highest BCUT2D eigenvalue weighted by atomic mass is 16.5. The van der Waals surface area contributed by atoms with Crippen LogP contribution >= 0.6 is 0 Å². The molecule has 2 aromatic rings. The number of ether oxygens (including phenoxy) is 3. The van der Waals surface area contributed by atoms with Crippen LogP contribution in [0.15, 0.2) is 42.5 Å². The molecule has 0 N–H and O–H groups in total. The van der Waals surface area contributed by atoms with Crippen LogP contribution < -0.4 is 9.47 Å². The molecule has 2 aliphatic rings. The summed E-state index contributed by atoms with van der Waals surface area (Å²) in [7, 11) is 5.22. The zero-order valence-electron chi connectivity index (χ0n) is 17.7. The summed E-state index contributed by atoms with van der Waals surface area (Å²) in [6, 6.07) is 13.0. The van der Waals surface area contributed by atoms with E-state index in [4.69, 9.17) is 14.2 Å². The van der Waals surface area contributed by atoms with E-state index in [9.17, 15) is 0 Å². The van der Waals surface area contributed by atoms with E-state index in [1.54, 1.807) is 14.2 Å². The van der Waals surface area contributed by atoms with Crippen LogP contribution in [-0.2, 0) is 17.7 Å². The second-order valence-electron chi connectivity index (χ2n) is 7.87. The molecule has 0 fully saturated rings. The van der Waals surface area contributed by atoms with Gasteiger partial charge in [-0.3, -0.25) is 4.90 Å². The highest BCUT2D eigenvalue weighted by molar-refractivity contribution is 5.70. The number of allylic oxidation sites excluding steroid dienone is 1. The van der Waals surface area contributed by atoms with Gasteiger partial charge in [-0.15, -0.1) is 0 Å². The lowest BCUT2D eigenvalue weighted by Crippen LogP contribution is -2.31. The largest absolute Gasteiger partial charge is 0.493 e. The Balaban J connectivity index is 1.42. The standard InChI is InChI=1S/C25H31NO3/c1-27-23-11-10-18(21-8-4-5-9-22(21)23)7-6-13-26-14-12-19-15-24(28-2)25(29-3)16-20(19)17-26/h4-5,7-9,15-16,23H,6,10-14,17H2,1-3H3/b18-7+. The molecule has 1 atom stereocenters. The Morgan fingerprint density at radius 1 is 1.00 bits per heavy atom. The summed E-state index contributed by atoms with van der Waals surface area (Å²) in [4.78, 5) is 2.54. The molecule has 2 aromatic carbocycles. The van der Waals surface area contributed by atoms with Gasteiger partial charge in [0.15, 0.2) is 11.5 Å². The third-order valence-electron chi connectivity index (χ3n) is 6.25. The topological polar surface area (TPSA) is 30.9 Å². The monoisotopic (exact) mass is 393 g/mol. The van der Waals surface area contributed by atoms with Crippen molar-refractivity contribution in [2.24, 2.45) is 0 Å². The Morgan fingerprint density at radius 3 is 2.52 bits per heavy atom. The molecule has 0 saturated carbocycles. The quantitative estimate of drug-likeness (QED) is 0.690. The number of hydrogen-bond donors (Lipinski definition) is 0. The minimum absolute atomic E-state index is 0.230. The Morgan fingerprint density at radius 2 is 1.76 bits per heavy atom. The van der Waals surface area contributed by atoms with Crippen molar-refractivity contribution in [3.05, 3.63) is 64.7 Å². The van der Waals surface area contributed by atoms with Crippen molar-refractivity contribution in [1.29, 1.82) is 0 Å². The van der Waals surface area contributed by atoms with Crippen molar-refractivity contribution in [3.8, 4) is 11.5 Å². The lowest BCUT2D eigenvalue weighted by atomic mass is 9.85. The summed E-state index contributed by atoms with van der Waals surface area (Å²) in [6.45, 7) is 3.14. The van der Waals surface area contributed by atoms with Crippen LogP contribution in [0.5, 0.6) is 11.5 Å². The van der Waals surface area contributed by atoms with E-state index in [-0.39, 0.29) is 6.10 Å². The van der Waals surface area contributed by atoms with Gasteiger partial charge in [0.05, 0.1) is 20.3 Å². The molecular weight excluding hydrogens is 362 g/mol. The van der Waals surface area contributed by atoms with Gasteiger partial charge in [0.2, 0.25) is 0 Å². The van der Waals surface area contributed by atoms with E-state index in [1.807, 2.05) is 7.11 Å². The minimum atomic E-state index is 0.230. The van der Waals surface area contributed by atoms with Gasteiger partial charge in [-0.1, -0.05) is 30.3 Å². The molecule has 4 rings (SSSR count). The molecule has 0 bridgehead atoms. The lowest BCUT2D eigenvalue weighted by Gasteiger charge is -2.30. The fourth-order valence-electron chi connectivity index (χ4n) is 4.66. The fourth-order valence-corrected chi connectivity index (χ4v) is 4.66. The molecule has 0 amide bonds. The van der Waals surface area contributed by atoms with Crippen LogP contribution in [0.3, 0.4) is 0 Å². The average Bonchev–Trinajstić information content (AvgIpc) is 2.78. The zero-order valence-corrected chi connectivity index (χ0v) is 17.7. The molecular formula is C25H31NO3. The smallest absolute Gasteiger partial charge is 0.161 e. The maximum absolute atomic E-state index is 5.68. The highest BCUT2D eigenvalue weighted by Crippen LogP contribution is 2.38. The van der Waals surface area contributed by atoms with Gasteiger partial charge in [-0.2, -0.15) is 0 Å². The van der Waals surface area contributed by atoms with Gasteiger partial charge < -0.3 is 14.2 Å².